The summed E-state index contributed by atoms with van der Waals surface area (Å²) in [5.41, 5.74) is -0.330. The van der Waals surface area contributed by atoms with Crippen LogP contribution in [0.15, 0.2) is 84.8 Å². The molecule has 2 heterocycles. The molecule has 2 aromatic heterocycles. The number of ether oxygens (including phenoxy) is 2. The number of phosphoric acid groups is 1. The lowest BCUT2D eigenvalue weighted by atomic mass is 9.81. The van der Waals surface area contributed by atoms with Gasteiger partial charge in [0.15, 0.2) is 6.79 Å². The lowest BCUT2D eigenvalue weighted by Gasteiger charge is -2.38. The summed E-state index contributed by atoms with van der Waals surface area (Å²) in [5, 5.41) is 15.5. The van der Waals surface area contributed by atoms with Crippen LogP contribution in [0.2, 0.25) is 0 Å². The molecule has 2 atom stereocenters. The van der Waals surface area contributed by atoms with E-state index in [4.69, 9.17) is 19.7 Å². The molecule has 0 radical (unpaired) electrons. The van der Waals surface area contributed by atoms with Gasteiger partial charge in [0.25, 0.3) is 0 Å². The van der Waals surface area contributed by atoms with Crippen LogP contribution < -0.4 is 4.52 Å². The Morgan fingerprint density at radius 1 is 1.15 bits per heavy atom. The summed E-state index contributed by atoms with van der Waals surface area (Å²) in [6.45, 7) is 0.747. The predicted octanol–water partition coefficient (Wildman–Crippen LogP) is 5.55. The highest BCUT2D eigenvalue weighted by Crippen LogP contribution is 2.45. The van der Waals surface area contributed by atoms with Gasteiger partial charge in [-0.2, -0.15) is 10.4 Å². The molecule has 5 rings (SSSR count). The topological polar surface area (TPSA) is 170 Å². The zero-order valence-electron chi connectivity index (χ0n) is 23.9. The molecule has 0 spiro atoms. The predicted molar refractivity (Wildman–Crippen MR) is 159 cm³/mol. The van der Waals surface area contributed by atoms with Crippen LogP contribution in [-0.4, -0.2) is 42.3 Å². The SMILES string of the molecule is C[C@@H](c1nc(-c2ccc(C#N)cc2)cs1)[C@@](Cn1cncn1)(OCOC(=O)c1ccccc1OP(=O)(O)O)c1ccc(F)cc1F. The molecule has 5 aromatic rings. The second-order valence-electron chi connectivity index (χ2n) is 9.86. The van der Waals surface area contributed by atoms with Gasteiger partial charge in [-0.15, -0.1) is 11.3 Å². The molecule has 0 saturated carbocycles. The van der Waals surface area contributed by atoms with Gasteiger partial charge in [0.2, 0.25) is 0 Å². The number of carbonyl (C=O) groups excluding carboxylic acids is 1. The normalized spacial score (nSPS) is 13.4. The third kappa shape index (κ3) is 7.34. The molecule has 236 valence electrons. The van der Waals surface area contributed by atoms with E-state index in [9.17, 15) is 23.5 Å². The van der Waals surface area contributed by atoms with Crippen LogP contribution in [-0.2, 0) is 26.2 Å². The maximum Gasteiger partial charge on any atom is 0.524 e. The van der Waals surface area contributed by atoms with Crippen molar-refractivity contribution in [1.82, 2.24) is 19.7 Å². The summed E-state index contributed by atoms with van der Waals surface area (Å²) in [6, 6.07) is 17.1. The van der Waals surface area contributed by atoms with Crippen LogP contribution in [0.5, 0.6) is 5.75 Å². The van der Waals surface area contributed by atoms with Gasteiger partial charge in [0.05, 0.1) is 28.9 Å². The van der Waals surface area contributed by atoms with Crippen LogP contribution in [0.25, 0.3) is 11.3 Å². The van der Waals surface area contributed by atoms with E-state index in [2.05, 4.69) is 20.7 Å². The molecule has 0 aliphatic carbocycles. The number of benzene rings is 3. The van der Waals surface area contributed by atoms with Crippen molar-refractivity contribution in [1.29, 1.82) is 5.26 Å². The number of nitrogens with zero attached hydrogens (tertiary/aromatic N) is 5. The van der Waals surface area contributed by atoms with Gasteiger partial charge in [0, 0.05) is 28.5 Å². The first-order valence-electron chi connectivity index (χ1n) is 13.4. The minimum Gasteiger partial charge on any atom is -0.435 e. The molecule has 0 amide bonds. The average Bonchev–Trinajstić information content (AvgIpc) is 3.73. The largest absolute Gasteiger partial charge is 0.524 e. The summed E-state index contributed by atoms with van der Waals surface area (Å²) in [5.74, 6) is -4.02. The van der Waals surface area contributed by atoms with E-state index < -0.39 is 49.5 Å². The maximum atomic E-state index is 15.6. The number of thiazole rings is 1. The van der Waals surface area contributed by atoms with E-state index in [0.29, 0.717) is 22.3 Å². The Labute approximate surface area is 264 Å². The fraction of sp³-hybridized carbons (Fsp3) is 0.167. The molecule has 0 bridgehead atoms. The second kappa shape index (κ2) is 13.7. The number of para-hydroxylation sites is 1. The van der Waals surface area contributed by atoms with Crippen LogP contribution >= 0.6 is 19.2 Å². The van der Waals surface area contributed by atoms with E-state index in [1.54, 1.807) is 36.6 Å². The molecule has 16 heteroatoms. The molecule has 0 saturated heterocycles. The van der Waals surface area contributed by atoms with Crippen LogP contribution in [0, 0.1) is 23.0 Å². The van der Waals surface area contributed by atoms with Gasteiger partial charge in [-0.05, 0) is 30.3 Å². The number of aromatic nitrogens is 4. The molecule has 0 aliphatic heterocycles. The van der Waals surface area contributed by atoms with Gasteiger partial charge in [-0.3, -0.25) is 9.79 Å². The van der Waals surface area contributed by atoms with Gasteiger partial charge in [-0.25, -0.2) is 32.8 Å². The number of halogens is 2. The Morgan fingerprint density at radius 3 is 2.59 bits per heavy atom. The Morgan fingerprint density at radius 2 is 1.91 bits per heavy atom. The van der Waals surface area contributed by atoms with E-state index >= 15 is 4.39 Å². The van der Waals surface area contributed by atoms with Crippen molar-refractivity contribution in [3.8, 4) is 23.1 Å². The summed E-state index contributed by atoms with van der Waals surface area (Å²) >= 11 is 1.25. The quantitative estimate of drug-likeness (QED) is 0.0971. The number of hydrogen-bond acceptors (Lipinski definition) is 10. The standard InChI is InChI=1S/C30H24F2N5O7PS/c1-19(28-36-26(14-46-28)21-8-6-20(13-33)7-9-21)30(15-37-17-34-16-35-37,24-11-10-22(31)12-25(24)32)43-18-42-29(38)23-4-2-3-5-27(23)44-45(39,40)41/h2-12,14,16-17,19H,15,18H2,1H3,(H2,39,40,41)/t19-,30+/m0/s1. The first-order valence-corrected chi connectivity index (χ1v) is 15.8. The minimum absolute atomic E-state index is 0.0895. The van der Waals surface area contributed by atoms with E-state index in [0.717, 1.165) is 11.6 Å². The first kappa shape index (κ1) is 32.6. The van der Waals surface area contributed by atoms with Gasteiger partial charge < -0.3 is 14.0 Å². The molecule has 2 N–H and O–H groups in total. The van der Waals surface area contributed by atoms with Crippen LogP contribution in [0.1, 0.15) is 39.3 Å². The Bertz CT molecular complexity index is 1930. The first-order chi connectivity index (χ1) is 22.0. The Hall–Kier alpha value is -4.84. The number of phosphoric ester groups is 1. The monoisotopic (exact) mass is 667 g/mol. The molecular weight excluding hydrogens is 643 g/mol. The van der Waals surface area contributed by atoms with Crippen LogP contribution in [0.3, 0.4) is 0 Å². The van der Waals surface area contributed by atoms with Crippen molar-refractivity contribution < 1.29 is 41.9 Å². The van der Waals surface area contributed by atoms with Gasteiger partial charge in [-0.1, -0.05) is 37.3 Å². The Balaban J connectivity index is 1.52. The number of nitriles is 1. The molecule has 0 fully saturated rings. The number of esters is 1. The zero-order chi connectivity index (χ0) is 32.9. The molecule has 12 nitrogen and oxygen atoms in total. The third-order valence-corrected chi connectivity index (χ3v) is 8.44. The fourth-order valence-corrected chi connectivity index (χ4v) is 6.12. The molecular formula is C30H24F2N5O7PS. The van der Waals surface area contributed by atoms with Gasteiger partial charge in [0.1, 0.15) is 41.2 Å². The van der Waals surface area contributed by atoms with E-state index in [1.165, 1.54) is 59.0 Å². The summed E-state index contributed by atoms with van der Waals surface area (Å²) < 4.78 is 58.8. The zero-order valence-corrected chi connectivity index (χ0v) is 25.6. The lowest BCUT2D eigenvalue weighted by molar-refractivity contribution is -0.148. The van der Waals surface area contributed by atoms with Crippen molar-refractivity contribution >= 4 is 25.1 Å². The lowest BCUT2D eigenvalue weighted by Crippen LogP contribution is -2.42. The number of rotatable bonds is 12. The number of hydrogen-bond donors (Lipinski definition) is 2. The van der Waals surface area contributed by atoms with Crippen molar-refractivity contribution in [2.24, 2.45) is 0 Å². The van der Waals surface area contributed by atoms with Crippen molar-refractivity contribution in [2.45, 2.75) is 25.0 Å². The summed E-state index contributed by atoms with van der Waals surface area (Å²) in [4.78, 5) is 40.2. The van der Waals surface area contributed by atoms with Gasteiger partial charge >= 0.3 is 13.8 Å². The highest BCUT2D eigenvalue weighted by molar-refractivity contribution is 7.46. The van der Waals surface area contributed by atoms with Crippen molar-refractivity contribution in [3.05, 3.63) is 118 Å². The summed E-state index contributed by atoms with van der Waals surface area (Å²) in [6.07, 6.45) is 2.64. The van der Waals surface area contributed by atoms with E-state index in [-0.39, 0.29) is 17.7 Å². The molecule has 0 unspecified atom stereocenters. The highest BCUT2D eigenvalue weighted by atomic mass is 32.1. The highest BCUT2D eigenvalue weighted by Gasteiger charge is 2.45. The van der Waals surface area contributed by atoms with Crippen LogP contribution in [0.4, 0.5) is 8.78 Å². The van der Waals surface area contributed by atoms with Crippen molar-refractivity contribution in [2.75, 3.05) is 6.79 Å². The second-order valence-corrected chi connectivity index (χ2v) is 11.9. The minimum atomic E-state index is -5.01. The number of carbonyl (C=O) groups is 1. The smallest absolute Gasteiger partial charge is 0.435 e. The molecule has 0 aliphatic rings. The fourth-order valence-electron chi connectivity index (χ4n) is 4.73. The molecule has 46 heavy (non-hydrogen) atoms. The van der Waals surface area contributed by atoms with Crippen molar-refractivity contribution in [3.63, 3.8) is 0 Å². The average molecular weight is 668 g/mol. The Kier molecular flexibility index (Phi) is 9.66. The molecule has 3 aromatic carbocycles. The van der Waals surface area contributed by atoms with E-state index in [1.807, 2.05) is 0 Å². The third-order valence-electron chi connectivity index (χ3n) is 6.98. The summed E-state index contributed by atoms with van der Waals surface area (Å²) in [7, 11) is -5.01. The maximum absolute atomic E-state index is 15.6.